The van der Waals surface area contributed by atoms with Crippen LogP contribution in [-0.2, 0) is 27.7 Å². The highest BCUT2D eigenvalue weighted by molar-refractivity contribution is 7.89. The smallest absolute Gasteiger partial charge is 0.243 e. The molecule has 1 aromatic heterocycles. The molecule has 0 fully saturated rings. The van der Waals surface area contributed by atoms with Crippen molar-refractivity contribution in [3.8, 4) is 5.75 Å². The van der Waals surface area contributed by atoms with Crippen molar-refractivity contribution in [2.45, 2.75) is 31.7 Å². The van der Waals surface area contributed by atoms with Gasteiger partial charge < -0.3 is 9.47 Å². The molecule has 0 N–H and O–H groups in total. The van der Waals surface area contributed by atoms with Crippen molar-refractivity contribution in [3.63, 3.8) is 0 Å². The fourth-order valence-corrected chi connectivity index (χ4v) is 4.22. The molecule has 1 heterocycles. The number of benzene rings is 1. The molecule has 0 aliphatic heterocycles. The third-order valence-corrected chi connectivity index (χ3v) is 6.53. The Bertz CT molecular complexity index is 803. The van der Waals surface area contributed by atoms with Crippen molar-refractivity contribution < 1.29 is 17.9 Å². The van der Waals surface area contributed by atoms with Crippen molar-refractivity contribution in [1.29, 1.82) is 0 Å². The summed E-state index contributed by atoms with van der Waals surface area (Å²) in [7, 11) is -0.409. The van der Waals surface area contributed by atoms with Crippen LogP contribution in [-0.4, -0.2) is 45.1 Å². The van der Waals surface area contributed by atoms with Crippen LogP contribution in [0.15, 0.2) is 28.5 Å². The van der Waals surface area contributed by atoms with Gasteiger partial charge in [0.05, 0.1) is 28.7 Å². The second-order valence-corrected chi connectivity index (χ2v) is 8.60. The summed E-state index contributed by atoms with van der Waals surface area (Å²) in [6.45, 7) is 5.02. The molecule has 0 aliphatic rings. The zero-order valence-corrected chi connectivity index (χ0v) is 16.6. The number of hydrogen-bond donors (Lipinski definition) is 0. The Hall–Kier alpha value is -1.48. The molecular weight excluding hydrogens is 360 g/mol. The molecule has 0 unspecified atom stereocenters. The number of rotatable bonds is 9. The minimum atomic E-state index is -3.58. The maximum atomic E-state index is 12.8. The molecule has 0 spiro atoms. The van der Waals surface area contributed by atoms with Crippen molar-refractivity contribution >= 4 is 21.4 Å². The third kappa shape index (κ3) is 5.01. The predicted molar refractivity (Wildman–Crippen MR) is 98.7 cm³/mol. The second-order valence-electron chi connectivity index (χ2n) is 5.62. The van der Waals surface area contributed by atoms with Crippen LogP contribution in [0.3, 0.4) is 0 Å². The van der Waals surface area contributed by atoms with E-state index in [0.717, 1.165) is 22.7 Å². The first-order chi connectivity index (χ1) is 11.9. The SMILES string of the molecule is CCc1nc(CN(C)S(=O)(=O)c2ccc(OCCOC)c(C)c2)cs1. The molecule has 2 aromatic rings. The van der Waals surface area contributed by atoms with Gasteiger partial charge in [-0.3, -0.25) is 0 Å². The Kier molecular flexibility index (Phi) is 6.95. The Morgan fingerprint density at radius 1 is 1.28 bits per heavy atom. The second kappa shape index (κ2) is 8.75. The van der Waals surface area contributed by atoms with E-state index in [0.29, 0.717) is 19.0 Å². The lowest BCUT2D eigenvalue weighted by Crippen LogP contribution is -2.26. The third-order valence-electron chi connectivity index (χ3n) is 3.69. The minimum Gasteiger partial charge on any atom is -0.491 e. The summed E-state index contributed by atoms with van der Waals surface area (Å²) >= 11 is 1.55. The lowest BCUT2D eigenvalue weighted by molar-refractivity contribution is 0.146. The van der Waals surface area contributed by atoms with Gasteiger partial charge in [0.1, 0.15) is 12.4 Å². The Labute approximate surface area is 153 Å². The predicted octanol–water partition coefficient (Wildman–Crippen LogP) is 2.86. The summed E-state index contributed by atoms with van der Waals surface area (Å²) in [5, 5.41) is 2.91. The summed E-state index contributed by atoms with van der Waals surface area (Å²) in [5.41, 5.74) is 1.54. The first-order valence-electron chi connectivity index (χ1n) is 8.00. The Balaban J connectivity index is 2.13. The minimum absolute atomic E-state index is 0.248. The lowest BCUT2D eigenvalue weighted by Gasteiger charge is -2.17. The van der Waals surface area contributed by atoms with E-state index in [1.54, 1.807) is 43.7 Å². The maximum absolute atomic E-state index is 12.8. The standard InChI is InChI=1S/C17H24N2O4S2/c1-5-17-18-14(12-24-17)11-19(3)25(20,21)15-6-7-16(13(2)10-15)23-9-8-22-4/h6-7,10,12H,5,8-9,11H2,1-4H3. The number of ether oxygens (including phenoxy) is 2. The van der Waals surface area contributed by atoms with Gasteiger partial charge in [0, 0.05) is 19.5 Å². The molecule has 0 amide bonds. The maximum Gasteiger partial charge on any atom is 0.243 e. The van der Waals surface area contributed by atoms with Crippen LogP contribution < -0.4 is 4.74 Å². The summed E-state index contributed by atoms with van der Waals surface area (Å²) in [6, 6.07) is 4.88. The lowest BCUT2D eigenvalue weighted by atomic mass is 10.2. The quantitative estimate of drug-likeness (QED) is 0.622. The molecule has 25 heavy (non-hydrogen) atoms. The van der Waals surface area contributed by atoms with Gasteiger partial charge in [0.2, 0.25) is 10.0 Å². The number of nitrogens with zero attached hydrogens (tertiary/aromatic N) is 2. The van der Waals surface area contributed by atoms with E-state index in [-0.39, 0.29) is 11.4 Å². The van der Waals surface area contributed by atoms with E-state index < -0.39 is 10.0 Å². The average molecular weight is 385 g/mol. The number of aromatic nitrogens is 1. The normalized spacial score (nSPS) is 11.9. The summed E-state index contributed by atoms with van der Waals surface area (Å²) in [6.07, 6.45) is 0.852. The molecule has 1 aromatic carbocycles. The summed E-state index contributed by atoms with van der Waals surface area (Å²) in [5.74, 6) is 0.658. The molecule has 0 atom stereocenters. The molecule has 0 bridgehead atoms. The van der Waals surface area contributed by atoms with E-state index in [2.05, 4.69) is 4.98 Å². The topological polar surface area (TPSA) is 68.7 Å². The number of aryl methyl sites for hydroxylation is 2. The number of sulfonamides is 1. The van der Waals surface area contributed by atoms with E-state index in [1.165, 1.54) is 4.31 Å². The van der Waals surface area contributed by atoms with Crippen LogP contribution in [0.5, 0.6) is 5.75 Å². The fraction of sp³-hybridized carbons (Fsp3) is 0.471. The molecule has 8 heteroatoms. The molecular formula is C17H24N2O4S2. The first-order valence-corrected chi connectivity index (χ1v) is 10.3. The summed E-state index contributed by atoms with van der Waals surface area (Å²) in [4.78, 5) is 4.68. The van der Waals surface area contributed by atoms with Crippen LogP contribution in [0.25, 0.3) is 0 Å². The van der Waals surface area contributed by atoms with Crippen molar-refractivity contribution in [2.75, 3.05) is 27.4 Å². The molecule has 0 radical (unpaired) electrons. The van der Waals surface area contributed by atoms with Crippen molar-refractivity contribution in [2.24, 2.45) is 0 Å². The van der Waals surface area contributed by atoms with Crippen LogP contribution in [0, 0.1) is 6.92 Å². The highest BCUT2D eigenvalue weighted by Gasteiger charge is 2.22. The van der Waals surface area contributed by atoms with Gasteiger partial charge in [-0.2, -0.15) is 4.31 Å². The highest BCUT2D eigenvalue weighted by Crippen LogP contribution is 2.24. The zero-order chi connectivity index (χ0) is 18.4. The highest BCUT2D eigenvalue weighted by atomic mass is 32.2. The number of hydrogen-bond acceptors (Lipinski definition) is 6. The monoisotopic (exact) mass is 384 g/mol. The van der Waals surface area contributed by atoms with Gasteiger partial charge in [-0.05, 0) is 37.1 Å². The van der Waals surface area contributed by atoms with Gasteiger partial charge >= 0.3 is 0 Å². The number of methoxy groups -OCH3 is 1. The molecule has 0 aliphatic carbocycles. The summed E-state index contributed by atoms with van der Waals surface area (Å²) < 4.78 is 37.4. The molecule has 2 rings (SSSR count). The van der Waals surface area contributed by atoms with E-state index >= 15 is 0 Å². The van der Waals surface area contributed by atoms with Crippen molar-refractivity contribution in [3.05, 3.63) is 39.8 Å². The molecule has 138 valence electrons. The molecule has 6 nitrogen and oxygen atoms in total. The van der Waals surface area contributed by atoms with Crippen LogP contribution >= 0.6 is 11.3 Å². The van der Waals surface area contributed by atoms with Gasteiger partial charge in [0.25, 0.3) is 0 Å². The van der Waals surface area contributed by atoms with E-state index in [4.69, 9.17) is 9.47 Å². The van der Waals surface area contributed by atoms with Gasteiger partial charge in [-0.1, -0.05) is 6.92 Å². The molecule has 0 saturated heterocycles. The zero-order valence-electron chi connectivity index (χ0n) is 15.0. The Morgan fingerprint density at radius 3 is 2.64 bits per heavy atom. The average Bonchev–Trinajstić information content (AvgIpc) is 3.04. The van der Waals surface area contributed by atoms with Gasteiger partial charge in [-0.25, -0.2) is 13.4 Å². The Morgan fingerprint density at radius 2 is 2.04 bits per heavy atom. The van der Waals surface area contributed by atoms with Gasteiger partial charge in [-0.15, -0.1) is 11.3 Å². The van der Waals surface area contributed by atoms with Crippen molar-refractivity contribution in [1.82, 2.24) is 9.29 Å². The number of thiazole rings is 1. The largest absolute Gasteiger partial charge is 0.491 e. The fourth-order valence-electron chi connectivity index (χ4n) is 2.26. The van der Waals surface area contributed by atoms with Gasteiger partial charge in [0.15, 0.2) is 0 Å². The van der Waals surface area contributed by atoms with E-state index in [9.17, 15) is 8.42 Å². The van der Waals surface area contributed by atoms with Crippen LogP contribution in [0.1, 0.15) is 23.2 Å². The van der Waals surface area contributed by atoms with Crippen LogP contribution in [0.2, 0.25) is 0 Å². The van der Waals surface area contributed by atoms with Crippen LogP contribution in [0.4, 0.5) is 0 Å². The van der Waals surface area contributed by atoms with E-state index in [1.807, 2.05) is 19.2 Å². The first kappa shape index (κ1) is 19.8. The molecule has 0 saturated carbocycles.